The van der Waals surface area contributed by atoms with Gasteiger partial charge in [0.15, 0.2) is 0 Å². The normalized spacial score (nSPS) is 29.0. The molecule has 94 valence electrons. The van der Waals surface area contributed by atoms with Crippen LogP contribution in [-0.4, -0.2) is 23.3 Å². The maximum atomic E-state index is 5.89. The lowest BCUT2D eigenvalue weighted by atomic mass is 10.0. The van der Waals surface area contributed by atoms with Crippen molar-refractivity contribution in [3.8, 4) is 5.88 Å². The quantitative estimate of drug-likeness (QED) is 0.912. The number of nitrogens with two attached hydrogens (primary N) is 1. The molecule has 1 aromatic rings. The van der Waals surface area contributed by atoms with Gasteiger partial charge in [0.1, 0.15) is 6.10 Å². The highest BCUT2D eigenvalue weighted by molar-refractivity contribution is 9.10. The van der Waals surface area contributed by atoms with Crippen LogP contribution in [0.5, 0.6) is 5.88 Å². The van der Waals surface area contributed by atoms with Crippen molar-refractivity contribution in [2.45, 2.75) is 45.0 Å². The summed E-state index contributed by atoms with van der Waals surface area (Å²) in [5, 5.41) is 0. The van der Waals surface area contributed by atoms with Crippen LogP contribution >= 0.6 is 15.9 Å². The Hall–Kier alpha value is -0.810. The number of nitrogens with zero attached hydrogens (tertiary/aromatic N) is 1. The minimum absolute atomic E-state index is 0.154. The Balaban J connectivity index is 2.04. The van der Waals surface area contributed by atoms with Crippen molar-refractivity contribution >= 4 is 21.6 Å². The van der Waals surface area contributed by atoms with Gasteiger partial charge in [0, 0.05) is 12.8 Å². The van der Waals surface area contributed by atoms with Gasteiger partial charge >= 0.3 is 0 Å². The first kappa shape index (κ1) is 12.6. The third-order valence-corrected chi connectivity index (χ3v) is 3.33. The first-order valence-electron chi connectivity index (χ1n) is 5.77. The summed E-state index contributed by atoms with van der Waals surface area (Å²) in [7, 11) is 0. The molecule has 1 aliphatic heterocycles. The molecule has 0 aromatic carbocycles. The van der Waals surface area contributed by atoms with Crippen LogP contribution in [0.1, 0.15) is 26.7 Å². The summed E-state index contributed by atoms with van der Waals surface area (Å²) in [6, 6.07) is 1.80. The SMILES string of the molecule is CC1CC(Oc2ncc(N)cc2Br)CC(C)O1. The molecule has 1 aromatic heterocycles. The molecule has 17 heavy (non-hydrogen) atoms. The van der Waals surface area contributed by atoms with Crippen molar-refractivity contribution in [1.29, 1.82) is 0 Å². The fraction of sp³-hybridized carbons (Fsp3) is 0.583. The van der Waals surface area contributed by atoms with Crippen LogP contribution in [0.25, 0.3) is 0 Å². The standard InChI is InChI=1S/C12H17BrN2O2/c1-7-3-10(4-8(2)16-7)17-12-11(13)5-9(14)6-15-12/h5-8,10H,3-4,14H2,1-2H3. The first-order chi connectivity index (χ1) is 8.04. The van der Waals surface area contributed by atoms with E-state index in [1.165, 1.54) is 0 Å². The van der Waals surface area contributed by atoms with E-state index in [4.69, 9.17) is 15.2 Å². The third kappa shape index (κ3) is 3.33. The van der Waals surface area contributed by atoms with E-state index in [0.717, 1.165) is 17.3 Å². The fourth-order valence-electron chi connectivity index (χ4n) is 2.13. The molecule has 2 heterocycles. The molecule has 1 saturated heterocycles. The predicted octanol–water partition coefficient (Wildman–Crippen LogP) is 2.76. The van der Waals surface area contributed by atoms with Gasteiger partial charge in [0.05, 0.1) is 28.6 Å². The van der Waals surface area contributed by atoms with E-state index in [0.29, 0.717) is 11.6 Å². The van der Waals surface area contributed by atoms with E-state index in [2.05, 4.69) is 34.8 Å². The number of hydrogen-bond acceptors (Lipinski definition) is 4. The molecule has 0 saturated carbocycles. The number of nitrogen functional groups attached to an aromatic ring is 1. The number of anilines is 1. The molecule has 4 nitrogen and oxygen atoms in total. The topological polar surface area (TPSA) is 57.4 Å². The lowest BCUT2D eigenvalue weighted by Crippen LogP contribution is -2.35. The van der Waals surface area contributed by atoms with Crippen molar-refractivity contribution in [3.05, 3.63) is 16.7 Å². The van der Waals surface area contributed by atoms with Crippen LogP contribution < -0.4 is 10.5 Å². The van der Waals surface area contributed by atoms with E-state index in [9.17, 15) is 0 Å². The van der Waals surface area contributed by atoms with E-state index in [1.54, 1.807) is 12.3 Å². The van der Waals surface area contributed by atoms with Gasteiger partial charge in [-0.1, -0.05) is 0 Å². The maximum absolute atomic E-state index is 5.89. The molecule has 1 fully saturated rings. The molecule has 2 unspecified atom stereocenters. The summed E-state index contributed by atoms with van der Waals surface area (Å²) in [4.78, 5) is 4.19. The summed E-state index contributed by atoms with van der Waals surface area (Å²) < 4.78 is 12.4. The summed E-state index contributed by atoms with van der Waals surface area (Å²) in [6.45, 7) is 4.13. The number of aromatic nitrogens is 1. The highest BCUT2D eigenvalue weighted by Crippen LogP contribution is 2.28. The monoisotopic (exact) mass is 300 g/mol. The summed E-state index contributed by atoms with van der Waals surface area (Å²) in [5.74, 6) is 0.602. The van der Waals surface area contributed by atoms with Gasteiger partial charge < -0.3 is 15.2 Å². The van der Waals surface area contributed by atoms with Gasteiger partial charge in [-0.05, 0) is 35.8 Å². The Bertz CT molecular complexity index is 390. The number of ether oxygens (including phenoxy) is 2. The zero-order chi connectivity index (χ0) is 12.4. The summed E-state index contributed by atoms with van der Waals surface area (Å²) >= 11 is 3.41. The van der Waals surface area contributed by atoms with Crippen LogP contribution in [0, 0.1) is 0 Å². The zero-order valence-electron chi connectivity index (χ0n) is 10.0. The van der Waals surface area contributed by atoms with Crippen molar-refractivity contribution < 1.29 is 9.47 Å². The van der Waals surface area contributed by atoms with Crippen LogP contribution in [0.3, 0.4) is 0 Å². The van der Waals surface area contributed by atoms with E-state index < -0.39 is 0 Å². The van der Waals surface area contributed by atoms with Gasteiger partial charge in [-0.25, -0.2) is 4.98 Å². The Morgan fingerprint density at radius 2 is 2.06 bits per heavy atom. The fourth-order valence-corrected chi connectivity index (χ4v) is 2.59. The molecule has 2 rings (SSSR count). The average molecular weight is 301 g/mol. The van der Waals surface area contributed by atoms with Crippen molar-refractivity contribution in [3.63, 3.8) is 0 Å². The zero-order valence-corrected chi connectivity index (χ0v) is 11.6. The van der Waals surface area contributed by atoms with Gasteiger partial charge in [0.25, 0.3) is 0 Å². The minimum Gasteiger partial charge on any atom is -0.473 e. The molecule has 0 bridgehead atoms. The number of pyridine rings is 1. The summed E-state index contributed by atoms with van der Waals surface area (Å²) in [6.07, 6.45) is 4.01. The Morgan fingerprint density at radius 1 is 1.41 bits per heavy atom. The second-order valence-corrected chi connectivity index (χ2v) is 5.38. The molecule has 1 aliphatic rings. The number of hydrogen-bond donors (Lipinski definition) is 1. The highest BCUT2D eigenvalue weighted by Gasteiger charge is 2.26. The van der Waals surface area contributed by atoms with E-state index in [-0.39, 0.29) is 18.3 Å². The third-order valence-electron chi connectivity index (χ3n) is 2.76. The largest absolute Gasteiger partial charge is 0.473 e. The van der Waals surface area contributed by atoms with E-state index in [1.807, 2.05) is 0 Å². The molecular formula is C12H17BrN2O2. The number of halogens is 1. The molecule has 2 atom stereocenters. The van der Waals surface area contributed by atoms with Gasteiger partial charge in [0.2, 0.25) is 5.88 Å². The van der Waals surface area contributed by atoms with Crippen molar-refractivity contribution in [1.82, 2.24) is 4.98 Å². The predicted molar refractivity (Wildman–Crippen MR) is 70.0 cm³/mol. The van der Waals surface area contributed by atoms with Gasteiger partial charge in [-0.15, -0.1) is 0 Å². The smallest absolute Gasteiger partial charge is 0.228 e. The maximum Gasteiger partial charge on any atom is 0.228 e. The lowest BCUT2D eigenvalue weighted by molar-refractivity contribution is -0.0731. The van der Waals surface area contributed by atoms with Crippen molar-refractivity contribution in [2.75, 3.05) is 5.73 Å². The van der Waals surface area contributed by atoms with Crippen LogP contribution in [0.4, 0.5) is 5.69 Å². The Labute approximate surface area is 110 Å². The molecule has 2 N–H and O–H groups in total. The molecular weight excluding hydrogens is 284 g/mol. The molecule has 0 spiro atoms. The number of rotatable bonds is 2. The van der Waals surface area contributed by atoms with Crippen molar-refractivity contribution in [2.24, 2.45) is 0 Å². The van der Waals surface area contributed by atoms with Crippen LogP contribution in [-0.2, 0) is 4.74 Å². The van der Waals surface area contributed by atoms with Gasteiger partial charge in [-0.3, -0.25) is 0 Å². The van der Waals surface area contributed by atoms with Crippen LogP contribution in [0.15, 0.2) is 16.7 Å². The molecule has 0 radical (unpaired) electrons. The van der Waals surface area contributed by atoms with Gasteiger partial charge in [-0.2, -0.15) is 0 Å². The average Bonchev–Trinajstić information content (AvgIpc) is 2.21. The van der Waals surface area contributed by atoms with Crippen LogP contribution in [0.2, 0.25) is 0 Å². The second-order valence-electron chi connectivity index (χ2n) is 4.52. The molecule has 0 aliphatic carbocycles. The Kier molecular flexibility index (Phi) is 3.89. The molecule has 0 amide bonds. The molecule has 5 heteroatoms. The Morgan fingerprint density at radius 3 is 2.65 bits per heavy atom. The second kappa shape index (κ2) is 5.23. The first-order valence-corrected chi connectivity index (χ1v) is 6.57. The highest BCUT2D eigenvalue weighted by atomic mass is 79.9. The summed E-state index contributed by atoms with van der Waals surface area (Å²) in [5.41, 5.74) is 6.26. The minimum atomic E-state index is 0.154. The lowest BCUT2D eigenvalue weighted by Gasteiger charge is -2.32. The van der Waals surface area contributed by atoms with E-state index >= 15 is 0 Å².